The van der Waals surface area contributed by atoms with Crippen LogP contribution in [0.15, 0.2) is 0 Å². The molecule has 0 aromatic heterocycles. The van der Waals surface area contributed by atoms with E-state index in [1.54, 1.807) is 0 Å². The van der Waals surface area contributed by atoms with Crippen molar-refractivity contribution < 1.29 is 5.11 Å². The Kier molecular flexibility index (Phi) is 7.06. The van der Waals surface area contributed by atoms with E-state index in [0.29, 0.717) is 6.61 Å². The Morgan fingerprint density at radius 1 is 1.06 bits per heavy atom. The van der Waals surface area contributed by atoms with Crippen LogP contribution in [-0.2, 0) is 0 Å². The van der Waals surface area contributed by atoms with E-state index >= 15 is 0 Å². The number of rotatable bonds is 9. The van der Waals surface area contributed by atoms with Crippen molar-refractivity contribution in [1.82, 2.24) is 5.32 Å². The molecule has 1 fully saturated rings. The van der Waals surface area contributed by atoms with Gasteiger partial charge in [0.1, 0.15) is 0 Å². The van der Waals surface area contributed by atoms with Crippen molar-refractivity contribution in [2.75, 3.05) is 19.7 Å². The van der Waals surface area contributed by atoms with Crippen LogP contribution in [0, 0.1) is 5.41 Å². The Labute approximate surface area is 101 Å². The SMILES string of the molecule is CCCCCCCCCC1(CO)CCNC1. The van der Waals surface area contributed by atoms with Gasteiger partial charge in [0, 0.05) is 18.6 Å². The quantitative estimate of drug-likeness (QED) is 0.593. The molecule has 1 heterocycles. The maximum Gasteiger partial charge on any atom is 0.0500 e. The summed E-state index contributed by atoms with van der Waals surface area (Å²) < 4.78 is 0. The van der Waals surface area contributed by atoms with Gasteiger partial charge in [-0.15, -0.1) is 0 Å². The molecule has 1 unspecified atom stereocenters. The molecule has 2 N–H and O–H groups in total. The van der Waals surface area contributed by atoms with Crippen LogP contribution in [-0.4, -0.2) is 24.8 Å². The minimum absolute atomic E-state index is 0.226. The zero-order chi connectivity index (χ0) is 11.7. The number of aliphatic hydroxyl groups is 1. The average molecular weight is 227 g/mol. The molecule has 0 saturated carbocycles. The third kappa shape index (κ3) is 4.84. The highest BCUT2D eigenvalue weighted by Crippen LogP contribution is 2.31. The van der Waals surface area contributed by atoms with Crippen molar-refractivity contribution in [1.29, 1.82) is 0 Å². The van der Waals surface area contributed by atoms with Gasteiger partial charge in [0.15, 0.2) is 0 Å². The predicted octanol–water partition coefficient (Wildman–Crippen LogP) is 3.10. The van der Waals surface area contributed by atoms with Crippen molar-refractivity contribution >= 4 is 0 Å². The second-order valence-corrected chi connectivity index (χ2v) is 5.46. The first-order valence-corrected chi connectivity index (χ1v) is 7.14. The van der Waals surface area contributed by atoms with Gasteiger partial charge in [-0.25, -0.2) is 0 Å². The lowest BCUT2D eigenvalue weighted by molar-refractivity contribution is 0.130. The highest BCUT2D eigenvalue weighted by atomic mass is 16.3. The lowest BCUT2D eigenvalue weighted by atomic mass is 9.82. The van der Waals surface area contributed by atoms with Crippen molar-refractivity contribution in [3.8, 4) is 0 Å². The van der Waals surface area contributed by atoms with Gasteiger partial charge < -0.3 is 10.4 Å². The van der Waals surface area contributed by atoms with Crippen molar-refractivity contribution in [2.24, 2.45) is 5.41 Å². The topological polar surface area (TPSA) is 32.3 Å². The molecule has 0 aromatic rings. The molecule has 1 atom stereocenters. The molecule has 0 aliphatic carbocycles. The Morgan fingerprint density at radius 2 is 1.75 bits per heavy atom. The van der Waals surface area contributed by atoms with Crippen LogP contribution >= 0.6 is 0 Å². The van der Waals surface area contributed by atoms with E-state index in [2.05, 4.69) is 12.2 Å². The molecule has 0 amide bonds. The first kappa shape index (κ1) is 14.0. The van der Waals surface area contributed by atoms with Crippen LogP contribution in [0.5, 0.6) is 0 Å². The molecule has 96 valence electrons. The third-order valence-electron chi connectivity index (χ3n) is 3.98. The van der Waals surface area contributed by atoms with E-state index < -0.39 is 0 Å². The fraction of sp³-hybridized carbons (Fsp3) is 1.00. The van der Waals surface area contributed by atoms with E-state index in [9.17, 15) is 5.11 Å². The summed E-state index contributed by atoms with van der Waals surface area (Å²) in [4.78, 5) is 0. The highest BCUT2D eigenvalue weighted by Gasteiger charge is 2.32. The summed E-state index contributed by atoms with van der Waals surface area (Å²) >= 11 is 0. The third-order valence-corrected chi connectivity index (χ3v) is 3.98. The predicted molar refractivity (Wildman–Crippen MR) is 69.6 cm³/mol. The summed E-state index contributed by atoms with van der Waals surface area (Å²) in [7, 11) is 0. The number of hydrogen-bond donors (Lipinski definition) is 2. The Hall–Kier alpha value is -0.0800. The Balaban J connectivity index is 1.97. The van der Waals surface area contributed by atoms with Crippen molar-refractivity contribution in [2.45, 2.75) is 64.7 Å². The van der Waals surface area contributed by atoms with E-state index in [1.165, 1.54) is 57.8 Å². The molecular formula is C14H29NO. The van der Waals surface area contributed by atoms with E-state index in [0.717, 1.165) is 13.1 Å². The standard InChI is InChI=1S/C14H29NO/c1-2-3-4-5-6-7-8-9-14(13-16)10-11-15-12-14/h15-16H,2-13H2,1H3. The second kappa shape index (κ2) is 8.08. The minimum Gasteiger partial charge on any atom is -0.396 e. The number of unbranched alkanes of at least 4 members (excludes halogenated alkanes) is 6. The van der Waals surface area contributed by atoms with Crippen LogP contribution in [0.25, 0.3) is 0 Å². The molecule has 0 radical (unpaired) electrons. The van der Waals surface area contributed by atoms with Crippen LogP contribution in [0.4, 0.5) is 0 Å². The molecule has 1 aliphatic rings. The van der Waals surface area contributed by atoms with Crippen LogP contribution in [0.2, 0.25) is 0 Å². The zero-order valence-corrected chi connectivity index (χ0v) is 10.9. The van der Waals surface area contributed by atoms with Crippen LogP contribution in [0.1, 0.15) is 64.7 Å². The van der Waals surface area contributed by atoms with Gasteiger partial charge in [0.05, 0.1) is 0 Å². The molecule has 1 aliphatic heterocycles. The highest BCUT2D eigenvalue weighted by molar-refractivity contribution is 4.86. The lowest BCUT2D eigenvalue weighted by Gasteiger charge is -2.25. The van der Waals surface area contributed by atoms with Crippen LogP contribution in [0.3, 0.4) is 0 Å². The smallest absolute Gasteiger partial charge is 0.0500 e. The van der Waals surface area contributed by atoms with Gasteiger partial charge in [-0.1, -0.05) is 51.9 Å². The summed E-state index contributed by atoms with van der Waals surface area (Å²) in [5.41, 5.74) is 0.226. The van der Waals surface area contributed by atoms with Gasteiger partial charge in [0.2, 0.25) is 0 Å². The van der Waals surface area contributed by atoms with Crippen molar-refractivity contribution in [3.05, 3.63) is 0 Å². The average Bonchev–Trinajstić information content (AvgIpc) is 2.77. The summed E-state index contributed by atoms with van der Waals surface area (Å²) in [5.74, 6) is 0. The molecular weight excluding hydrogens is 198 g/mol. The number of nitrogens with one attached hydrogen (secondary N) is 1. The number of hydrogen-bond acceptors (Lipinski definition) is 2. The summed E-state index contributed by atoms with van der Waals surface area (Å²) in [5, 5.41) is 12.8. The number of aliphatic hydroxyl groups excluding tert-OH is 1. The molecule has 0 aromatic carbocycles. The van der Waals surface area contributed by atoms with Gasteiger partial charge in [-0.05, 0) is 19.4 Å². The van der Waals surface area contributed by atoms with E-state index in [-0.39, 0.29) is 5.41 Å². The monoisotopic (exact) mass is 227 g/mol. The molecule has 0 spiro atoms. The summed E-state index contributed by atoms with van der Waals surface area (Å²) in [6, 6.07) is 0. The lowest BCUT2D eigenvalue weighted by Crippen LogP contribution is -2.28. The van der Waals surface area contributed by atoms with Gasteiger partial charge in [-0.2, -0.15) is 0 Å². The van der Waals surface area contributed by atoms with Gasteiger partial charge >= 0.3 is 0 Å². The van der Waals surface area contributed by atoms with E-state index in [4.69, 9.17) is 0 Å². The molecule has 16 heavy (non-hydrogen) atoms. The second-order valence-electron chi connectivity index (χ2n) is 5.46. The maximum absolute atomic E-state index is 9.45. The Bertz CT molecular complexity index is 164. The maximum atomic E-state index is 9.45. The fourth-order valence-corrected chi connectivity index (χ4v) is 2.68. The normalized spacial score (nSPS) is 25.1. The molecule has 2 nitrogen and oxygen atoms in total. The Morgan fingerprint density at radius 3 is 2.31 bits per heavy atom. The van der Waals surface area contributed by atoms with E-state index in [1.807, 2.05) is 0 Å². The summed E-state index contributed by atoms with van der Waals surface area (Å²) in [6.45, 7) is 4.75. The molecule has 1 saturated heterocycles. The van der Waals surface area contributed by atoms with Crippen molar-refractivity contribution in [3.63, 3.8) is 0 Å². The largest absolute Gasteiger partial charge is 0.396 e. The summed E-state index contributed by atoms with van der Waals surface area (Å²) in [6.07, 6.45) is 11.9. The van der Waals surface area contributed by atoms with Gasteiger partial charge in [-0.3, -0.25) is 0 Å². The molecule has 0 bridgehead atoms. The van der Waals surface area contributed by atoms with Crippen LogP contribution < -0.4 is 5.32 Å². The first-order valence-electron chi connectivity index (χ1n) is 7.14. The minimum atomic E-state index is 0.226. The molecule has 2 heteroatoms. The fourth-order valence-electron chi connectivity index (χ4n) is 2.68. The zero-order valence-electron chi connectivity index (χ0n) is 10.9. The van der Waals surface area contributed by atoms with Gasteiger partial charge in [0.25, 0.3) is 0 Å². The first-order chi connectivity index (χ1) is 7.83. The molecule has 1 rings (SSSR count).